The summed E-state index contributed by atoms with van der Waals surface area (Å²) in [6.45, 7) is 3.14. The van der Waals surface area contributed by atoms with Crippen LogP contribution < -0.4 is 5.32 Å². The van der Waals surface area contributed by atoms with Crippen molar-refractivity contribution in [3.63, 3.8) is 0 Å². The van der Waals surface area contributed by atoms with E-state index in [-0.39, 0.29) is 12.0 Å². The number of ether oxygens (including phenoxy) is 1. The summed E-state index contributed by atoms with van der Waals surface area (Å²) in [6, 6.07) is 7.67. The molecule has 1 atom stereocenters. The van der Waals surface area contributed by atoms with Crippen molar-refractivity contribution in [3.8, 4) is 0 Å². The average Bonchev–Trinajstić information content (AvgIpc) is 3.22. The van der Waals surface area contributed by atoms with Gasteiger partial charge in [-0.15, -0.1) is 0 Å². The molecule has 1 saturated carbocycles. The van der Waals surface area contributed by atoms with Crippen LogP contribution in [0.5, 0.6) is 0 Å². The van der Waals surface area contributed by atoms with Gasteiger partial charge in [0.25, 0.3) is 0 Å². The Bertz CT molecular complexity index is 415. The van der Waals surface area contributed by atoms with Crippen LogP contribution in [0.1, 0.15) is 25.3 Å². The van der Waals surface area contributed by atoms with Crippen molar-refractivity contribution in [3.05, 3.63) is 34.9 Å². The van der Waals surface area contributed by atoms with Gasteiger partial charge in [-0.3, -0.25) is 4.79 Å². The average molecular weight is 282 g/mol. The Hall–Kier alpha value is -1.06. The third-order valence-corrected chi connectivity index (χ3v) is 3.53. The zero-order chi connectivity index (χ0) is 13.7. The predicted octanol–water partition coefficient (Wildman–Crippen LogP) is 2.81. The second-order valence-corrected chi connectivity index (χ2v) is 5.52. The monoisotopic (exact) mass is 281 g/mol. The molecule has 1 fully saturated rings. The molecule has 1 N–H and O–H groups in total. The van der Waals surface area contributed by atoms with Crippen molar-refractivity contribution >= 4 is 17.5 Å². The first-order valence-electron chi connectivity index (χ1n) is 6.79. The SMILES string of the molecule is CC(OCC1CC1)C(=O)NCCc1ccc(Cl)cc1. The lowest BCUT2D eigenvalue weighted by atomic mass is 10.1. The minimum absolute atomic E-state index is 0.0328. The second kappa shape index (κ2) is 6.92. The maximum Gasteiger partial charge on any atom is 0.248 e. The lowest BCUT2D eigenvalue weighted by Gasteiger charge is -2.13. The zero-order valence-corrected chi connectivity index (χ0v) is 12.0. The second-order valence-electron chi connectivity index (χ2n) is 5.09. The topological polar surface area (TPSA) is 38.3 Å². The van der Waals surface area contributed by atoms with Gasteiger partial charge < -0.3 is 10.1 Å². The summed E-state index contributed by atoms with van der Waals surface area (Å²) >= 11 is 5.82. The molecule has 0 aliphatic heterocycles. The van der Waals surface area contributed by atoms with E-state index in [1.54, 1.807) is 6.92 Å². The van der Waals surface area contributed by atoms with Gasteiger partial charge in [0.2, 0.25) is 5.91 Å². The molecule has 1 unspecified atom stereocenters. The van der Waals surface area contributed by atoms with Gasteiger partial charge in [-0.25, -0.2) is 0 Å². The number of benzene rings is 1. The summed E-state index contributed by atoms with van der Waals surface area (Å²) in [5.41, 5.74) is 1.16. The van der Waals surface area contributed by atoms with Crippen molar-refractivity contribution in [2.45, 2.75) is 32.3 Å². The van der Waals surface area contributed by atoms with Crippen LogP contribution in [0.2, 0.25) is 5.02 Å². The highest BCUT2D eigenvalue weighted by atomic mass is 35.5. The Morgan fingerprint density at radius 3 is 2.74 bits per heavy atom. The van der Waals surface area contributed by atoms with E-state index in [9.17, 15) is 4.79 Å². The molecular formula is C15H20ClNO2. The van der Waals surface area contributed by atoms with E-state index >= 15 is 0 Å². The summed E-state index contributed by atoms with van der Waals surface area (Å²) in [7, 11) is 0. The first-order chi connectivity index (χ1) is 9.15. The van der Waals surface area contributed by atoms with Crippen LogP contribution in [0.4, 0.5) is 0 Å². The summed E-state index contributed by atoms with van der Waals surface area (Å²) in [4.78, 5) is 11.8. The molecular weight excluding hydrogens is 262 g/mol. The number of nitrogens with one attached hydrogen (secondary N) is 1. The normalized spacial score (nSPS) is 16.1. The largest absolute Gasteiger partial charge is 0.368 e. The van der Waals surface area contributed by atoms with Gasteiger partial charge in [0, 0.05) is 11.6 Å². The molecule has 0 saturated heterocycles. The molecule has 0 heterocycles. The molecule has 2 rings (SSSR count). The van der Waals surface area contributed by atoms with Gasteiger partial charge >= 0.3 is 0 Å². The maximum absolute atomic E-state index is 11.8. The fourth-order valence-corrected chi connectivity index (χ4v) is 1.89. The number of amides is 1. The van der Waals surface area contributed by atoms with Crippen LogP contribution in [-0.2, 0) is 16.0 Å². The van der Waals surface area contributed by atoms with E-state index in [1.165, 1.54) is 12.8 Å². The van der Waals surface area contributed by atoms with Crippen LogP contribution in [0.15, 0.2) is 24.3 Å². The first kappa shape index (κ1) is 14.4. The van der Waals surface area contributed by atoms with Crippen LogP contribution in [0.25, 0.3) is 0 Å². The van der Waals surface area contributed by atoms with Gasteiger partial charge in [-0.2, -0.15) is 0 Å². The summed E-state index contributed by atoms with van der Waals surface area (Å²) < 4.78 is 5.52. The molecule has 0 aromatic heterocycles. The van der Waals surface area contributed by atoms with Crippen molar-refractivity contribution in [1.29, 1.82) is 0 Å². The van der Waals surface area contributed by atoms with Crippen LogP contribution >= 0.6 is 11.6 Å². The van der Waals surface area contributed by atoms with Gasteiger partial charge in [0.15, 0.2) is 0 Å². The molecule has 1 amide bonds. The van der Waals surface area contributed by atoms with Crippen LogP contribution in [-0.4, -0.2) is 25.2 Å². The van der Waals surface area contributed by atoms with Crippen molar-refractivity contribution in [1.82, 2.24) is 5.32 Å². The Balaban J connectivity index is 1.63. The number of carbonyl (C=O) groups is 1. The highest BCUT2D eigenvalue weighted by molar-refractivity contribution is 6.30. The van der Waals surface area contributed by atoms with Crippen molar-refractivity contribution in [2.75, 3.05) is 13.2 Å². The number of hydrogen-bond donors (Lipinski definition) is 1. The molecule has 1 aliphatic rings. The van der Waals surface area contributed by atoms with Gasteiger partial charge in [-0.1, -0.05) is 23.7 Å². The standard InChI is InChI=1S/C15H20ClNO2/c1-11(19-10-13-2-3-13)15(18)17-9-8-12-4-6-14(16)7-5-12/h4-7,11,13H,2-3,8-10H2,1H3,(H,17,18). The Labute approximate surface area is 119 Å². The molecule has 0 radical (unpaired) electrons. The van der Waals surface area contributed by atoms with E-state index in [1.807, 2.05) is 24.3 Å². The lowest BCUT2D eigenvalue weighted by molar-refractivity contribution is -0.131. The zero-order valence-electron chi connectivity index (χ0n) is 11.2. The summed E-state index contributed by atoms with van der Waals surface area (Å²) in [5, 5.41) is 3.62. The number of rotatable bonds is 7. The van der Waals surface area contributed by atoms with Crippen molar-refractivity contribution in [2.24, 2.45) is 5.92 Å². The molecule has 4 heteroatoms. The van der Waals surface area contributed by atoms with Crippen LogP contribution in [0, 0.1) is 5.92 Å². The minimum Gasteiger partial charge on any atom is -0.368 e. The van der Waals surface area contributed by atoms with E-state index in [0.29, 0.717) is 19.1 Å². The highest BCUT2D eigenvalue weighted by Gasteiger charge is 2.23. The smallest absolute Gasteiger partial charge is 0.248 e. The summed E-state index contributed by atoms with van der Waals surface area (Å²) in [5.74, 6) is 0.652. The van der Waals surface area contributed by atoms with E-state index in [0.717, 1.165) is 17.0 Å². The minimum atomic E-state index is -0.356. The molecule has 0 spiro atoms. The fraction of sp³-hybridized carbons (Fsp3) is 0.533. The van der Waals surface area contributed by atoms with E-state index in [4.69, 9.17) is 16.3 Å². The Morgan fingerprint density at radius 2 is 2.11 bits per heavy atom. The van der Waals surface area contributed by atoms with Crippen molar-refractivity contribution < 1.29 is 9.53 Å². The van der Waals surface area contributed by atoms with Gasteiger partial charge in [-0.05, 0) is 49.8 Å². The molecule has 19 heavy (non-hydrogen) atoms. The van der Waals surface area contributed by atoms with Gasteiger partial charge in [0.1, 0.15) is 6.10 Å². The first-order valence-corrected chi connectivity index (χ1v) is 7.16. The molecule has 104 valence electrons. The highest BCUT2D eigenvalue weighted by Crippen LogP contribution is 2.29. The van der Waals surface area contributed by atoms with Crippen LogP contribution in [0.3, 0.4) is 0 Å². The fourth-order valence-electron chi connectivity index (χ4n) is 1.77. The maximum atomic E-state index is 11.8. The number of hydrogen-bond acceptors (Lipinski definition) is 2. The van der Waals surface area contributed by atoms with E-state index < -0.39 is 0 Å². The predicted molar refractivity (Wildman–Crippen MR) is 76.3 cm³/mol. The number of carbonyl (C=O) groups excluding carboxylic acids is 1. The summed E-state index contributed by atoms with van der Waals surface area (Å²) in [6.07, 6.45) is 2.93. The Kier molecular flexibility index (Phi) is 5.23. The molecule has 1 aliphatic carbocycles. The Morgan fingerprint density at radius 1 is 1.42 bits per heavy atom. The van der Waals surface area contributed by atoms with E-state index in [2.05, 4.69) is 5.32 Å². The quantitative estimate of drug-likeness (QED) is 0.835. The molecule has 1 aromatic carbocycles. The van der Waals surface area contributed by atoms with Gasteiger partial charge in [0.05, 0.1) is 6.61 Å². The molecule has 3 nitrogen and oxygen atoms in total. The lowest BCUT2D eigenvalue weighted by Crippen LogP contribution is -2.36. The molecule has 1 aromatic rings. The third-order valence-electron chi connectivity index (χ3n) is 3.27. The number of halogens is 1. The molecule has 0 bridgehead atoms. The third kappa shape index (κ3) is 5.21.